The van der Waals surface area contributed by atoms with Crippen molar-refractivity contribution in [3.63, 3.8) is 0 Å². The van der Waals surface area contributed by atoms with E-state index in [0.29, 0.717) is 0 Å². The molecule has 5 nitrogen and oxygen atoms in total. The number of ether oxygens (including phenoxy) is 4. The molecule has 1 aromatic carbocycles. The van der Waals surface area contributed by atoms with Gasteiger partial charge < -0.3 is 18.9 Å². The Labute approximate surface area is 153 Å². The van der Waals surface area contributed by atoms with E-state index in [4.69, 9.17) is 18.9 Å². The van der Waals surface area contributed by atoms with E-state index in [2.05, 4.69) is 0 Å². The lowest BCUT2D eigenvalue weighted by Gasteiger charge is -2.41. The van der Waals surface area contributed by atoms with Crippen LogP contribution >= 0.6 is 0 Å². The summed E-state index contributed by atoms with van der Waals surface area (Å²) in [5.41, 5.74) is 0.790. The molecule has 26 heavy (non-hydrogen) atoms. The van der Waals surface area contributed by atoms with Crippen molar-refractivity contribution < 1.29 is 28.1 Å². The van der Waals surface area contributed by atoms with E-state index in [-0.39, 0.29) is 18.9 Å². The van der Waals surface area contributed by atoms with Gasteiger partial charge in [0, 0.05) is 6.42 Å². The first kappa shape index (κ1) is 19.3. The average Bonchev–Trinajstić information content (AvgIpc) is 2.92. The molecule has 0 spiro atoms. The Balaban J connectivity index is 1.74. The SMILES string of the molecule is CC[C@@H](C)C1OC(F)(C(=O)OCc2ccccc2)C[C@H]2OC(C)(C)O[C@@H]12. The quantitative estimate of drug-likeness (QED) is 0.743. The van der Waals surface area contributed by atoms with Crippen molar-refractivity contribution in [3.05, 3.63) is 35.9 Å². The number of alkyl halides is 1. The third kappa shape index (κ3) is 3.92. The first-order chi connectivity index (χ1) is 12.2. The van der Waals surface area contributed by atoms with Crippen LogP contribution in [0.4, 0.5) is 4.39 Å². The van der Waals surface area contributed by atoms with Crippen LogP contribution < -0.4 is 0 Å². The first-order valence-corrected chi connectivity index (χ1v) is 9.17. The van der Waals surface area contributed by atoms with E-state index in [1.165, 1.54) is 0 Å². The summed E-state index contributed by atoms with van der Waals surface area (Å²) in [6, 6.07) is 9.16. The first-order valence-electron chi connectivity index (χ1n) is 9.17. The molecule has 1 aromatic rings. The largest absolute Gasteiger partial charge is 0.457 e. The summed E-state index contributed by atoms with van der Waals surface area (Å²) in [4.78, 5) is 12.5. The Morgan fingerprint density at radius 3 is 2.62 bits per heavy atom. The second kappa shape index (κ2) is 7.25. The summed E-state index contributed by atoms with van der Waals surface area (Å²) < 4.78 is 38.1. The van der Waals surface area contributed by atoms with Crippen molar-refractivity contribution >= 4 is 5.97 Å². The zero-order valence-electron chi connectivity index (χ0n) is 15.7. The predicted octanol–water partition coefficient (Wildman–Crippen LogP) is 3.75. The molecule has 144 valence electrons. The lowest BCUT2D eigenvalue weighted by molar-refractivity contribution is -0.262. The second-order valence-corrected chi connectivity index (χ2v) is 7.60. The minimum atomic E-state index is -2.53. The van der Waals surface area contributed by atoms with Crippen LogP contribution in [0.5, 0.6) is 0 Å². The van der Waals surface area contributed by atoms with Crippen molar-refractivity contribution in [1.29, 1.82) is 0 Å². The maximum atomic E-state index is 15.5. The van der Waals surface area contributed by atoms with Crippen LogP contribution in [0.3, 0.4) is 0 Å². The Hall–Kier alpha value is -1.50. The Bertz CT molecular complexity index is 634. The molecule has 0 saturated carbocycles. The minimum absolute atomic E-state index is 0.000350. The highest BCUT2D eigenvalue weighted by molar-refractivity contribution is 5.78. The van der Waals surface area contributed by atoms with Crippen LogP contribution in [0.1, 0.15) is 46.1 Å². The molecule has 6 heteroatoms. The van der Waals surface area contributed by atoms with Crippen molar-refractivity contribution in [2.75, 3.05) is 0 Å². The molecule has 5 atom stereocenters. The molecule has 2 heterocycles. The van der Waals surface area contributed by atoms with E-state index in [1.807, 2.05) is 44.2 Å². The number of rotatable bonds is 5. The lowest BCUT2D eigenvalue weighted by Crippen LogP contribution is -2.57. The monoisotopic (exact) mass is 366 g/mol. The predicted molar refractivity (Wildman–Crippen MR) is 92.8 cm³/mol. The molecule has 0 aliphatic carbocycles. The number of esters is 1. The number of halogens is 1. The van der Waals surface area contributed by atoms with Gasteiger partial charge in [0.05, 0.1) is 12.2 Å². The molecule has 2 saturated heterocycles. The van der Waals surface area contributed by atoms with E-state index in [0.717, 1.165) is 12.0 Å². The molecule has 2 fully saturated rings. The number of hydrogen-bond acceptors (Lipinski definition) is 5. The third-order valence-electron chi connectivity index (χ3n) is 5.05. The fourth-order valence-electron chi connectivity index (χ4n) is 3.52. The topological polar surface area (TPSA) is 54.0 Å². The summed E-state index contributed by atoms with van der Waals surface area (Å²) >= 11 is 0. The zero-order valence-corrected chi connectivity index (χ0v) is 15.7. The van der Waals surface area contributed by atoms with Crippen LogP contribution in [0.2, 0.25) is 0 Å². The van der Waals surface area contributed by atoms with Gasteiger partial charge in [-0.3, -0.25) is 0 Å². The second-order valence-electron chi connectivity index (χ2n) is 7.60. The highest BCUT2D eigenvalue weighted by Gasteiger charge is 2.59. The van der Waals surface area contributed by atoms with Gasteiger partial charge >= 0.3 is 11.8 Å². The molecule has 2 aliphatic rings. The van der Waals surface area contributed by atoms with Gasteiger partial charge in [-0.05, 0) is 25.3 Å². The van der Waals surface area contributed by atoms with Gasteiger partial charge in [-0.1, -0.05) is 50.6 Å². The maximum Gasteiger partial charge on any atom is 0.372 e. The fourth-order valence-corrected chi connectivity index (χ4v) is 3.52. The Morgan fingerprint density at radius 2 is 1.96 bits per heavy atom. The molecule has 3 rings (SSSR count). The molecule has 0 amide bonds. The molecular weight excluding hydrogens is 339 g/mol. The summed E-state index contributed by atoms with van der Waals surface area (Å²) in [5.74, 6) is -4.36. The van der Waals surface area contributed by atoms with Crippen molar-refractivity contribution in [2.24, 2.45) is 5.92 Å². The standard InChI is InChI=1S/C20H27FO5/c1-5-13(2)16-17-15(24-19(3,4)25-17)11-20(21,26-16)18(22)23-12-14-9-7-6-8-10-14/h6-10,13,15-17H,5,11-12H2,1-4H3/t13-,15-,16?,17-,20?/m1/s1. The number of hydrogen-bond donors (Lipinski definition) is 0. The van der Waals surface area contributed by atoms with Gasteiger partial charge in [-0.15, -0.1) is 0 Å². The Kier molecular flexibility index (Phi) is 5.37. The van der Waals surface area contributed by atoms with Crippen molar-refractivity contribution in [1.82, 2.24) is 0 Å². The van der Waals surface area contributed by atoms with Crippen LogP contribution in [0.25, 0.3) is 0 Å². The zero-order chi connectivity index (χ0) is 18.9. The van der Waals surface area contributed by atoms with Gasteiger partial charge in [-0.2, -0.15) is 4.39 Å². The fraction of sp³-hybridized carbons (Fsp3) is 0.650. The molecule has 0 aromatic heterocycles. The molecule has 2 aliphatic heterocycles. The van der Waals surface area contributed by atoms with E-state index >= 15 is 4.39 Å². The summed E-state index contributed by atoms with van der Waals surface area (Å²) in [5, 5.41) is 0. The van der Waals surface area contributed by atoms with Gasteiger partial charge in [0.25, 0.3) is 0 Å². The number of carbonyl (C=O) groups excluding carboxylic acids is 1. The van der Waals surface area contributed by atoms with Crippen LogP contribution in [-0.4, -0.2) is 35.9 Å². The van der Waals surface area contributed by atoms with Crippen molar-refractivity contribution in [2.45, 2.75) is 77.1 Å². The van der Waals surface area contributed by atoms with Crippen LogP contribution in [0.15, 0.2) is 30.3 Å². The summed E-state index contributed by atoms with van der Waals surface area (Å²) in [7, 11) is 0. The highest BCUT2D eigenvalue weighted by Crippen LogP contribution is 2.44. The van der Waals surface area contributed by atoms with Gasteiger partial charge in [0.1, 0.15) is 12.7 Å². The highest BCUT2D eigenvalue weighted by atomic mass is 19.2. The molecule has 0 radical (unpaired) electrons. The van der Waals surface area contributed by atoms with Crippen LogP contribution in [0, 0.1) is 5.92 Å². The number of fused-ring (bicyclic) bond motifs is 1. The normalized spacial score (nSPS) is 34.1. The van der Waals surface area contributed by atoms with Gasteiger partial charge in [-0.25, -0.2) is 4.79 Å². The number of carbonyl (C=O) groups is 1. The average molecular weight is 366 g/mol. The molecule has 0 N–H and O–H groups in total. The Morgan fingerprint density at radius 1 is 1.27 bits per heavy atom. The summed E-state index contributed by atoms with van der Waals surface area (Å²) in [6.07, 6.45) is -0.985. The maximum absolute atomic E-state index is 15.5. The molecular formula is C20H27FO5. The van der Waals surface area contributed by atoms with E-state index in [9.17, 15) is 4.79 Å². The third-order valence-corrected chi connectivity index (χ3v) is 5.05. The lowest BCUT2D eigenvalue weighted by atomic mass is 9.88. The van der Waals surface area contributed by atoms with E-state index < -0.39 is 35.9 Å². The molecule has 2 unspecified atom stereocenters. The van der Waals surface area contributed by atoms with Gasteiger partial charge in [0.2, 0.25) is 0 Å². The summed E-state index contributed by atoms with van der Waals surface area (Å²) in [6.45, 7) is 7.52. The molecule has 0 bridgehead atoms. The van der Waals surface area contributed by atoms with Crippen molar-refractivity contribution in [3.8, 4) is 0 Å². The minimum Gasteiger partial charge on any atom is -0.457 e. The van der Waals surface area contributed by atoms with Gasteiger partial charge in [0.15, 0.2) is 5.79 Å². The number of benzene rings is 1. The van der Waals surface area contributed by atoms with E-state index in [1.54, 1.807) is 13.8 Å². The smallest absolute Gasteiger partial charge is 0.372 e. The van der Waals surface area contributed by atoms with Crippen LogP contribution in [-0.2, 0) is 30.3 Å².